The third-order valence-electron chi connectivity index (χ3n) is 9.65. The number of aromatic nitrogens is 2. The molecule has 0 atom stereocenters. The topological polar surface area (TPSA) is 38.9 Å². The number of rotatable bonds is 3. The maximum atomic E-state index is 6.30. The first-order valence-corrected chi connectivity index (χ1v) is 16.6. The van der Waals surface area contributed by atoms with E-state index in [1.807, 2.05) is 36.0 Å². The van der Waals surface area contributed by atoms with Crippen molar-refractivity contribution >= 4 is 22.7 Å². The van der Waals surface area contributed by atoms with Crippen LogP contribution in [0.5, 0.6) is 0 Å². The minimum Gasteiger partial charge on any atom is -0.464 e. The highest BCUT2D eigenvalue weighted by atomic mass is 32.2. The van der Waals surface area contributed by atoms with Gasteiger partial charge in [-0.15, -0.1) is 0 Å². The molecule has 8 aromatic rings. The van der Waals surface area contributed by atoms with Crippen molar-refractivity contribution in [1.82, 2.24) is 9.97 Å². The maximum Gasteiger partial charge on any atom is 0.160 e. The molecule has 0 saturated carbocycles. The van der Waals surface area contributed by atoms with E-state index in [0.29, 0.717) is 5.82 Å². The lowest BCUT2D eigenvalue weighted by Gasteiger charge is -2.39. The fourth-order valence-electron chi connectivity index (χ4n) is 7.75. The Morgan fingerprint density at radius 1 is 0.489 bits per heavy atom. The first-order chi connectivity index (χ1) is 23.3. The van der Waals surface area contributed by atoms with E-state index in [9.17, 15) is 0 Å². The average Bonchev–Trinajstić information content (AvgIpc) is 3.73. The molecular weight excluding hydrogens is 593 g/mol. The van der Waals surface area contributed by atoms with Crippen LogP contribution in [0.2, 0.25) is 0 Å². The first kappa shape index (κ1) is 26.5. The molecule has 47 heavy (non-hydrogen) atoms. The minimum absolute atomic E-state index is 0.516. The highest BCUT2D eigenvalue weighted by molar-refractivity contribution is 7.99. The summed E-state index contributed by atoms with van der Waals surface area (Å²) < 4.78 is 6.30. The Morgan fingerprint density at radius 3 is 1.81 bits per heavy atom. The van der Waals surface area contributed by atoms with E-state index >= 15 is 0 Å². The molecule has 1 aliphatic heterocycles. The Labute approximate surface area is 276 Å². The van der Waals surface area contributed by atoms with Crippen molar-refractivity contribution in [2.75, 3.05) is 0 Å². The molecule has 2 aliphatic rings. The molecule has 2 aromatic heterocycles. The summed E-state index contributed by atoms with van der Waals surface area (Å²) in [6.07, 6.45) is 1.80. The third-order valence-corrected chi connectivity index (χ3v) is 10.8. The predicted octanol–water partition coefficient (Wildman–Crippen LogP) is 11.1. The highest BCUT2D eigenvalue weighted by Crippen LogP contribution is 2.64. The summed E-state index contributed by atoms with van der Waals surface area (Å²) in [6, 6.07) is 53.9. The molecule has 0 unspecified atom stereocenters. The molecule has 10 rings (SSSR count). The number of nitrogens with zero attached hydrogens (tertiary/aromatic N) is 2. The van der Waals surface area contributed by atoms with Gasteiger partial charge in [0.25, 0.3) is 0 Å². The van der Waals surface area contributed by atoms with Crippen molar-refractivity contribution in [3.05, 3.63) is 180 Å². The lowest BCUT2D eigenvalue weighted by atomic mass is 9.67. The molecule has 0 saturated heterocycles. The van der Waals surface area contributed by atoms with Crippen LogP contribution in [0, 0.1) is 0 Å². The van der Waals surface area contributed by atoms with Gasteiger partial charge in [0.05, 0.1) is 23.1 Å². The van der Waals surface area contributed by atoms with Crippen LogP contribution in [0.1, 0.15) is 22.3 Å². The van der Waals surface area contributed by atoms with E-state index in [1.165, 1.54) is 43.2 Å². The van der Waals surface area contributed by atoms with E-state index in [-0.39, 0.29) is 0 Å². The molecule has 0 radical (unpaired) electrons. The Morgan fingerprint density at radius 2 is 1.09 bits per heavy atom. The van der Waals surface area contributed by atoms with Gasteiger partial charge < -0.3 is 4.42 Å². The van der Waals surface area contributed by atoms with Gasteiger partial charge in [-0.2, -0.15) is 0 Å². The summed E-state index contributed by atoms with van der Waals surface area (Å²) in [5.74, 6) is 0.696. The number of furan rings is 1. The number of hydrogen-bond acceptors (Lipinski definition) is 4. The zero-order valence-electron chi connectivity index (χ0n) is 25.2. The van der Waals surface area contributed by atoms with Crippen molar-refractivity contribution in [3.63, 3.8) is 0 Å². The van der Waals surface area contributed by atoms with Gasteiger partial charge >= 0.3 is 0 Å². The number of benzene rings is 6. The van der Waals surface area contributed by atoms with E-state index in [0.717, 1.165) is 39.0 Å². The number of fused-ring (bicyclic) bond motifs is 10. The Bertz CT molecular complexity index is 2400. The maximum absolute atomic E-state index is 6.30. The zero-order chi connectivity index (χ0) is 31.0. The molecule has 3 heterocycles. The van der Waals surface area contributed by atoms with E-state index in [2.05, 4.69) is 127 Å². The molecule has 220 valence electrons. The molecule has 0 N–H and O–H groups in total. The predicted molar refractivity (Wildman–Crippen MR) is 190 cm³/mol. The number of hydrogen-bond donors (Lipinski definition) is 0. The van der Waals surface area contributed by atoms with Gasteiger partial charge in [0.2, 0.25) is 0 Å². The van der Waals surface area contributed by atoms with Crippen LogP contribution in [0.3, 0.4) is 0 Å². The van der Waals surface area contributed by atoms with Crippen molar-refractivity contribution in [2.45, 2.75) is 15.2 Å². The normalized spacial score (nSPS) is 13.6. The van der Waals surface area contributed by atoms with Crippen molar-refractivity contribution < 1.29 is 4.42 Å². The molecule has 0 bridgehead atoms. The van der Waals surface area contributed by atoms with E-state index < -0.39 is 5.41 Å². The van der Waals surface area contributed by atoms with Gasteiger partial charge in [-0.05, 0) is 63.7 Å². The van der Waals surface area contributed by atoms with Gasteiger partial charge in [0.1, 0.15) is 5.58 Å². The average molecular weight is 619 g/mol. The van der Waals surface area contributed by atoms with Crippen LogP contribution in [0.4, 0.5) is 0 Å². The Kier molecular flexibility index (Phi) is 5.72. The van der Waals surface area contributed by atoms with Gasteiger partial charge in [0.15, 0.2) is 5.82 Å². The molecule has 4 heteroatoms. The quantitative estimate of drug-likeness (QED) is 0.197. The van der Waals surface area contributed by atoms with Crippen LogP contribution >= 0.6 is 11.8 Å². The smallest absolute Gasteiger partial charge is 0.160 e. The second-order valence-electron chi connectivity index (χ2n) is 12.1. The summed E-state index contributed by atoms with van der Waals surface area (Å²) in [6.45, 7) is 0. The molecule has 1 spiro atoms. The second-order valence-corrected chi connectivity index (χ2v) is 13.2. The summed E-state index contributed by atoms with van der Waals surface area (Å²) in [5, 5.41) is 1.04. The lowest BCUT2D eigenvalue weighted by molar-refractivity contribution is 0.614. The van der Waals surface area contributed by atoms with Crippen molar-refractivity contribution in [2.24, 2.45) is 0 Å². The van der Waals surface area contributed by atoms with Crippen LogP contribution in [0.25, 0.3) is 56.0 Å². The lowest BCUT2D eigenvalue weighted by Crippen LogP contribution is -2.31. The van der Waals surface area contributed by atoms with Crippen molar-refractivity contribution in [1.29, 1.82) is 0 Å². The van der Waals surface area contributed by atoms with Gasteiger partial charge in [-0.1, -0.05) is 133 Å². The van der Waals surface area contributed by atoms with Crippen LogP contribution < -0.4 is 0 Å². The van der Waals surface area contributed by atoms with Gasteiger partial charge in [0, 0.05) is 31.9 Å². The minimum atomic E-state index is -0.516. The van der Waals surface area contributed by atoms with Crippen LogP contribution in [-0.2, 0) is 5.41 Å². The first-order valence-electron chi connectivity index (χ1n) is 15.8. The summed E-state index contributed by atoms with van der Waals surface area (Å²) in [7, 11) is 0. The Balaban J connectivity index is 1.36. The molecule has 6 aromatic carbocycles. The molecular formula is C43H26N2OS. The summed E-state index contributed by atoms with van der Waals surface area (Å²) in [5.41, 5.74) is 12.7. The fourth-order valence-corrected chi connectivity index (χ4v) is 8.94. The van der Waals surface area contributed by atoms with Crippen molar-refractivity contribution in [3.8, 4) is 45.0 Å². The molecule has 3 nitrogen and oxygen atoms in total. The van der Waals surface area contributed by atoms with E-state index in [1.54, 1.807) is 6.26 Å². The Hall–Kier alpha value is -5.71. The largest absolute Gasteiger partial charge is 0.464 e. The standard InChI is InChI=1S/C43H26N2OS/c1-3-13-27(14-4-1)35-26-36(45-42(44-35)28-15-5-2-6-16-28)41-30-23-24-46-37(30)25-34-40(41)29-17-7-8-18-31(29)43(34)32-19-9-11-21-38(32)47-39-22-12-10-20-33(39)43/h1-26H. The monoisotopic (exact) mass is 618 g/mol. The van der Waals surface area contributed by atoms with Gasteiger partial charge in [-0.25, -0.2) is 9.97 Å². The summed E-state index contributed by atoms with van der Waals surface area (Å²) >= 11 is 1.85. The second kappa shape index (κ2) is 10.1. The molecule has 0 amide bonds. The zero-order valence-corrected chi connectivity index (χ0v) is 26.0. The SMILES string of the molecule is c1ccc(-c2cc(-c3c4c(cc5occc35)C3(c5ccccc5Sc5ccccc53)c3ccccc3-4)nc(-c3ccccc3)n2)cc1. The molecule has 1 aliphatic carbocycles. The third kappa shape index (κ3) is 3.76. The van der Waals surface area contributed by atoms with Crippen LogP contribution in [0.15, 0.2) is 172 Å². The molecule has 0 fully saturated rings. The fraction of sp³-hybridized carbons (Fsp3) is 0.0233. The van der Waals surface area contributed by atoms with Gasteiger partial charge in [-0.3, -0.25) is 0 Å². The van der Waals surface area contributed by atoms with Crippen LogP contribution in [-0.4, -0.2) is 9.97 Å². The van der Waals surface area contributed by atoms with E-state index in [4.69, 9.17) is 14.4 Å². The highest BCUT2D eigenvalue weighted by Gasteiger charge is 2.51. The summed E-state index contributed by atoms with van der Waals surface area (Å²) in [4.78, 5) is 13.0.